The molecule has 1 aromatic carbocycles. The van der Waals surface area contributed by atoms with Crippen LogP contribution in [0.2, 0.25) is 0 Å². The van der Waals surface area contributed by atoms with E-state index in [0.29, 0.717) is 0 Å². The van der Waals surface area contributed by atoms with Gasteiger partial charge in [0.1, 0.15) is 0 Å². The summed E-state index contributed by atoms with van der Waals surface area (Å²) in [7, 11) is 0. The normalized spacial score (nSPS) is 10.4. The third-order valence-electron chi connectivity index (χ3n) is 2.56. The molecule has 0 saturated heterocycles. The monoisotopic (exact) mass is 283 g/mol. The molecular formula is C12H18BrN3. The third-order valence-corrected chi connectivity index (χ3v) is 3.05. The summed E-state index contributed by atoms with van der Waals surface area (Å²) in [5, 5.41) is 5.92. The zero-order chi connectivity index (χ0) is 10.8. The van der Waals surface area contributed by atoms with Crippen LogP contribution in [0.3, 0.4) is 0 Å². The van der Waals surface area contributed by atoms with E-state index in [9.17, 15) is 0 Å². The molecule has 0 spiro atoms. The number of halogens is 1. The summed E-state index contributed by atoms with van der Waals surface area (Å²) in [5.41, 5.74) is 2.44. The zero-order valence-electron chi connectivity index (χ0n) is 9.83. The van der Waals surface area contributed by atoms with Gasteiger partial charge in [0.2, 0.25) is 0 Å². The number of fused-ring (bicyclic) bond motifs is 1. The van der Waals surface area contributed by atoms with Crippen LogP contribution in [-0.2, 0) is 13.0 Å². The van der Waals surface area contributed by atoms with Gasteiger partial charge in [0, 0.05) is 16.4 Å². The van der Waals surface area contributed by atoms with Crippen molar-refractivity contribution in [1.29, 1.82) is 0 Å². The number of aryl methyl sites for hydroxylation is 2. The van der Waals surface area contributed by atoms with Gasteiger partial charge in [-0.05, 0) is 31.0 Å². The molecule has 0 atom stereocenters. The fourth-order valence-electron chi connectivity index (χ4n) is 1.86. The van der Waals surface area contributed by atoms with Crippen molar-refractivity contribution in [3.05, 3.63) is 28.4 Å². The van der Waals surface area contributed by atoms with Gasteiger partial charge in [0.15, 0.2) is 0 Å². The van der Waals surface area contributed by atoms with E-state index in [2.05, 4.69) is 57.8 Å². The van der Waals surface area contributed by atoms with Crippen LogP contribution >= 0.6 is 15.9 Å². The Morgan fingerprint density at radius 1 is 1.31 bits per heavy atom. The highest BCUT2D eigenvalue weighted by Gasteiger charge is 2.08. The minimum atomic E-state index is 0. The van der Waals surface area contributed by atoms with Gasteiger partial charge in [-0.3, -0.25) is 4.68 Å². The summed E-state index contributed by atoms with van der Waals surface area (Å²) >= 11 is 3.51. The van der Waals surface area contributed by atoms with E-state index >= 15 is 0 Å². The Balaban J connectivity index is 0.00000128. The van der Waals surface area contributed by atoms with Crippen molar-refractivity contribution in [2.24, 2.45) is 0 Å². The topological polar surface area (TPSA) is 52.8 Å². The second kappa shape index (κ2) is 5.46. The van der Waals surface area contributed by atoms with Crippen molar-refractivity contribution in [3.63, 3.8) is 0 Å². The highest BCUT2D eigenvalue weighted by Crippen LogP contribution is 2.23. The van der Waals surface area contributed by atoms with Crippen molar-refractivity contribution in [2.45, 2.75) is 33.2 Å². The maximum atomic E-state index is 4.63. The first-order valence-electron chi connectivity index (χ1n) is 5.41. The lowest BCUT2D eigenvalue weighted by Gasteiger charge is -2.00. The molecule has 4 heteroatoms. The van der Waals surface area contributed by atoms with Crippen molar-refractivity contribution in [3.8, 4) is 0 Å². The summed E-state index contributed by atoms with van der Waals surface area (Å²) in [4.78, 5) is 0. The Kier molecular flexibility index (Phi) is 4.50. The van der Waals surface area contributed by atoms with Crippen LogP contribution in [0.1, 0.15) is 26.0 Å². The molecule has 3 nitrogen and oxygen atoms in total. The Morgan fingerprint density at radius 3 is 2.69 bits per heavy atom. The molecule has 3 N–H and O–H groups in total. The SMILES string of the molecule is CCCn1nc(CC)c2ccc(Br)cc21.N. The largest absolute Gasteiger partial charge is 0.344 e. The molecule has 0 aliphatic carbocycles. The van der Waals surface area contributed by atoms with Gasteiger partial charge in [0.05, 0.1) is 11.2 Å². The van der Waals surface area contributed by atoms with Gasteiger partial charge in [-0.15, -0.1) is 0 Å². The van der Waals surface area contributed by atoms with E-state index in [4.69, 9.17) is 0 Å². The Labute approximate surface area is 105 Å². The lowest BCUT2D eigenvalue weighted by Crippen LogP contribution is -1.99. The molecule has 16 heavy (non-hydrogen) atoms. The van der Waals surface area contributed by atoms with E-state index in [0.717, 1.165) is 23.9 Å². The molecule has 0 unspecified atom stereocenters. The fourth-order valence-corrected chi connectivity index (χ4v) is 2.21. The van der Waals surface area contributed by atoms with Crippen LogP contribution in [0.5, 0.6) is 0 Å². The lowest BCUT2D eigenvalue weighted by molar-refractivity contribution is 0.613. The standard InChI is InChI=1S/C12H15BrN2.H3N/c1-3-7-15-12-8-9(13)5-6-10(12)11(4-2)14-15;/h5-6,8H,3-4,7H2,1-2H3;1H3. The number of rotatable bonds is 3. The van der Waals surface area contributed by atoms with Gasteiger partial charge < -0.3 is 6.15 Å². The number of aromatic nitrogens is 2. The number of benzene rings is 1. The molecule has 0 amide bonds. The Hall–Kier alpha value is -0.870. The number of nitrogens with zero attached hydrogens (tertiary/aromatic N) is 2. The summed E-state index contributed by atoms with van der Waals surface area (Å²) in [6.07, 6.45) is 2.11. The van der Waals surface area contributed by atoms with E-state index in [-0.39, 0.29) is 6.15 Å². The first-order valence-corrected chi connectivity index (χ1v) is 6.20. The van der Waals surface area contributed by atoms with Gasteiger partial charge >= 0.3 is 0 Å². The van der Waals surface area contributed by atoms with Crippen molar-refractivity contribution < 1.29 is 0 Å². The second-order valence-electron chi connectivity index (χ2n) is 3.68. The Bertz CT molecular complexity index is 476. The van der Waals surface area contributed by atoms with Crippen LogP contribution in [0.15, 0.2) is 22.7 Å². The van der Waals surface area contributed by atoms with Crippen LogP contribution < -0.4 is 6.15 Å². The van der Waals surface area contributed by atoms with Crippen LogP contribution in [-0.4, -0.2) is 9.78 Å². The third kappa shape index (κ3) is 2.28. The molecule has 0 radical (unpaired) electrons. The van der Waals surface area contributed by atoms with Gasteiger partial charge in [-0.2, -0.15) is 5.10 Å². The molecule has 1 heterocycles. The minimum Gasteiger partial charge on any atom is -0.344 e. The minimum absolute atomic E-state index is 0. The first-order chi connectivity index (χ1) is 7.26. The average Bonchev–Trinajstić information content (AvgIpc) is 2.57. The van der Waals surface area contributed by atoms with Crippen molar-refractivity contribution in [2.75, 3.05) is 0 Å². The van der Waals surface area contributed by atoms with Crippen LogP contribution in [0.25, 0.3) is 10.9 Å². The van der Waals surface area contributed by atoms with Gasteiger partial charge in [-0.1, -0.05) is 29.8 Å². The predicted molar refractivity (Wildman–Crippen MR) is 72.1 cm³/mol. The second-order valence-corrected chi connectivity index (χ2v) is 4.60. The highest BCUT2D eigenvalue weighted by atomic mass is 79.9. The highest BCUT2D eigenvalue weighted by molar-refractivity contribution is 9.10. The molecule has 0 aliphatic heterocycles. The summed E-state index contributed by atoms with van der Waals surface area (Å²) in [5.74, 6) is 0. The van der Waals surface area contributed by atoms with E-state index < -0.39 is 0 Å². The lowest BCUT2D eigenvalue weighted by atomic mass is 10.2. The van der Waals surface area contributed by atoms with Gasteiger partial charge in [0.25, 0.3) is 0 Å². The number of hydrogen-bond acceptors (Lipinski definition) is 2. The summed E-state index contributed by atoms with van der Waals surface area (Å²) < 4.78 is 3.23. The fraction of sp³-hybridized carbons (Fsp3) is 0.417. The van der Waals surface area contributed by atoms with Crippen molar-refractivity contribution >= 4 is 26.8 Å². The molecule has 1 aromatic heterocycles. The van der Waals surface area contributed by atoms with Gasteiger partial charge in [-0.25, -0.2) is 0 Å². The molecule has 0 saturated carbocycles. The Morgan fingerprint density at radius 2 is 2.06 bits per heavy atom. The van der Waals surface area contributed by atoms with E-state index in [1.807, 2.05) is 0 Å². The first kappa shape index (κ1) is 13.2. The zero-order valence-corrected chi connectivity index (χ0v) is 11.4. The molecule has 2 rings (SSSR count). The molecule has 0 fully saturated rings. The summed E-state index contributed by atoms with van der Waals surface area (Å²) in [6, 6.07) is 6.38. The van der Waals surface area contributed by atoms with Crippen LogP contribution in [0, 0.1) is 0 Å². The molecule has 88 valence electrons. The maximum absolute atomic E-state index is 4.63. The van der Waals surface area contributed by atoms with Crippen LogP contribution in [0.4, 0.5) is 0 Å². The molecule has 0 bridgehead atoms. The van der Waals surface area contributed by atoms with E-state index in [1.54, 1.807) is 0 Å². The predicted octanol–water partition coefficient (Wildman–Crippen LogP) is 3.93. The number of hydrogen-bond donors (Lipinski definition) is 1. The molecule has 2 aromatic rings. The van der Waals surface area contributed by atoms with Crippen molar-refractivity contribution in [1.82, 2.24) is 15.9 Å². The maximum Gasteiger partial charge on any atom is 0.0700 e. The van der Waals surface area contributed by atoms with E-state index in [1.165, 1.54) is 16.6 Å². The molecule has 0 aliphatic rings. The molecular weight excluding hydrogens is 266 g/mol. The quantitative estimate of drug-likeness (QED) is 0.928. The smallest absolute Gasteiger partial charge is 0.0700 e. The average molecular weight is 284 g/mol. The summed E-state index contributed by atoms with van der Waals surface area (Å²) in [6.45, 7) is 5.32.